The predicted octanol–water partition coefficient (Wildman–Crippen LogP) is 2.93. The Morgan fingerprint density at radius 3 is 3.06 bits per heavy atom. The molecule has 5 rings (SSSR count). The molecule has 0 saturated carbocycles. The van der Waals surface area contributed by atoms with Crippen LogP contribution in [0, 0.1) is 5.92 Å². The molecule has 2 saturated heterocycles. The highest BCUT2D eigenvalue weighted by atomic mass is 16.5. The molecule has 2 aromatic rings. The van der Waals surface area contributed by atoms with Gasteiger partial charge in [-0.3, -0.25) is 0 Å². The number of nitrogens with zero attached hydrogens (tertiary/aromatic N) is 2. The van der Waals surface area contributed by atoms with Gasteiger partial charge in [0.25, 0.3) is 0 Å². The van der Waals surface area contributed by atoms with Crippen LogP contribution in [0.3, 0.4) is 0 Å². The second kappa shape index (κ2) is 11.2. The third-order valence-electron chi connectivity index (χ3n) is 8.13. The van der Waals surface area contributed by atoms with Gasteiger partial charge < -0.3 is 29.2 Å². The molecule has 0 aliphatic carbocycles. The summed E-state index contributed by atoms with van der Waals surface area (Å²) in [5.41, 5.74) is 3.52. The van der Waals surface area contributed by atoms with E-state index in [1.807, 2.05) is 24.3 Å². The average Bonchev–Trinajstić information content (AvgIpc) is 3.52. The lowest BCUT2D eigenvalue weighted by Gasteiger charge is -2.34. The van der Waals surface area contributed by atoms with Crippen molar-refractivity contribution in [2.45, 2.75) is 57.0 Å². The topological polar surface area (TPSA) is 83.5 Å². The number of carbonyl (C=O) groups is 1. The van der Waals surface area contributed by atoms with Crippen molar-refractivity contribution in [2.24, 2.45) is 5.92 Å². The van der Waals surface area contributed by atoms with E-state index in [0.29, 0.717) is 12.5 Å². The van der Waals surface area contributed by atoms with Crippen molar-refractivity contribution in [1.82, 2.24) is 4.98 Å². The summed E-state index contributed by atoms with van der Waals surface area (Å²) in [6, 6.07) is 12.4. The number of aromatic nitrogens is 1. The third kappa shape index (κ3) is 6.37. The second-order valence-corrected chi connectivity index (χ2v) is 11.2. The Morgan fingerprint density at radius 2 is 2.22 bits per heavy atom. The molecule has 0 radical (unpaired) electrons. The van der Waals surface area contributed by atoms with Gasteiger partial charge in [-0.15, -0.1) is 0 Å². The molecular weight excluding hydrogens is 454 g/mol. The van der Waals surface area contributed by atoms with Gasteiger partial charge in [0.05, 0.1) is 39.9 Å². The lowest BCUT2D eigenvalue weighted by Crippen LogP contribution is -2.45. The lowest BCUT2D eigenvalue weighted by molar-refractivity contribution is -0.900. The number of fused-ring (bicyclic) bond motifs is 1. The quantitative estimate of drug-likeness (QED) is 0.513. The largest absolute Gasteiger partial charge is 0.550 e. The summed E-state index contributed by atoms with van der Waals surface area (Å²) in [6.07, 6.45) is 6.57. The Balaban J connectivity index is 1.20. The van der Waals surface area contributed by atoms with Crippen LogP contribution in [0.1, 0.15) is 54.8 Å². The number of pyridine rings is 1. The van der Waals surface area contributed by atoms with Crippen molar-refractivity contribution in [3.8, 4) is 5.75 Å². The fourth-order valence-corrected chi connectivity index (χ4v) is 6.22. The number of carbonyl (C=O) groups excluding carboxylic acids is 1. The van der Waals surface area contributed by atoms with Gasteiger partial charge in [-0.1, -0.05) is 18.2 Å². The summed E-state index contributed by atoms with van der Waals surface area (Å²) >= 11 is 0. The standard InChI is InChI=1S/C29H39N3O4/c1-32(14-11-21(18-32)7-9-25-10-8-22-5-3-13-30-29(22)31-25)19-24(17-28(33)34)23-4-2-6-26(16-23)36-27-12-15-35-20-27/h2,4,6,8,10,16,21,24,27H,3,5,7,9,11-15,17-20H2,1H3,(H-,30,31,33,34)/t21-,24-,27-,32?/m1/s1. The number of carboxylic acid groups (broad SMARTS) is 1. The number of aliphatic carboxylic acids is 1. The van der Waals surface area contributed by atoms with Crippen LogP contribution in [-0.4, -0.2) is 68.0 Å². The first-order valence-electron chi connectivity index (χ1n) is 13.6. The Morgan fingerprint density at radius 1 is 1.31 bits per heavy atom. The maximum Gasteiger partial charge on any atom is 0.129 e. The predicted molar refractivity (Wildman–Crippen MR) is 137 cm³/mol. The fourth-order valence-electron chi connectivity index (χ4n) is 6.22. The van der Waals surface area contributed by atoms with E-state index in [1.54, 1.807) is 0 Å². The molecule has 7 heteroatoms. The molecule has 1 aromatic carbocycles. The van der Waals surface area contributed by atoms with Gasteiger partial charge in [-0.05, 0) is 61.4 Å². The van der Waals surface area contributed by atoms with Crippen LogP contribution in [0.15, 0.2) is 36.4 Å². The number of aryl methyl sites for hydroxylation is 2. The molecule has 1 aromatic heterocycles. The zero-order chi connectivity index (χ0) is 25.0. The number of benzene rings is 1. The maximum atomic E-state index is 11.7. The van der Waals surface area contributed by atoms with E-state index in [1.165, 1.54) is 24.1 Å². The first-order chi connectivity index (χ1) is 17.5. The number of anilines is 1. The lowest BCUT2D eigenvalue weighted by atomic mass is 9.94. The summed E-state index contributed by atoms with van der Waals surface area (Å²) in [6.45, 7) is 5.29. The van der Waals surface area contributed by atoms with Crippen molar-refractivity contribution in [1.29, 1.82) is 0 Å². The van der Waals surface area contributed by atoms with Gasteiger partial charge in [-0.25, -0.2) is 4.98 Å². The number of ether oxygens (including phenoxy) is 2. The van der Waals surface area contributed by atoms with Crippen LogP contribution >= 0.6 is 0 Å². The molecule has 0 amide bonds. The van der Waals surface area contributed by atoms with Gasteiger partial charge in [-0.2, -0.15) is 0 Å². The minimum Gasteiger partial charge on any atom is -0.550 e. The molecule has 3 aliphatic heterocycles. The van der Waals surface area contributed by atoms with Crippen molar-refractivity contribution in [2.75, 3.05) is 51.8 Å². The summed E-state index contributed by atoms with van der Waals surface area (Å²) in [5, 5.41) is 15.1. The van der Waals surface area contributed by atoms with Gasteiger partial charge in [0.2, 0.25) is 0 Å². The van der Waals surface area contributed by atoms with E-state index in [-0.39, 0.29) is 18.4 Å². The van der Waals surface area contributed by atoms with Crippen LogP contribution in [0.5, 0.6) is 5.75 Å². The number of quaternary nitrogens is 1. The Labute approximate surface area is 214 Å². The number of hydrogen-bond donors (Lipinski definition) is 1. The highest BCUT2D eigenvalue weighted by molar-refractivity contribution is 5.65. The van der Waals surface area contributed by atoms with Crippen molar-refractivity contribution in [3.05, 3.63) is 53.2 Å². The van der Waals surface area contributed by atoms with E-state index in [0.717, 1.165) is 80.1 Å². The monoisotopic (exact) mass is 493 g/mol. The van der Waals surface area contributed by atoms with Crippen LogP contribution in [0.25, 0.3) is 0 Å². The normalized spacial score (nSPS) is 26.2. The van der Waals surface area contributed by atoms with Crippen LogP contribution in [0.2, 0.25) is 0 Å². The number of nitrogens with one attached hydrogen (secondary N) is 1. The summed E-state index contributed by atoms with van der Waals surface area (Å²) < 4.78 is 12.4. The molecule has 1 unspecified atom stereocenters. The molecule has 3 aliphatic rings. The average molecular weight is 494 g/mol. The first-order valence-corrected chi connectivity index (χ1v) is 13.6. The van der Waals surface area contributed by atoms with Gasteiger partial charge in [0.1, 0.15) is 17.7 Å². The van der Waals surface area contributed by atoms with Crippen molar-refractivity contribution >= 4 is 11.8 Å². The number of hydrogen-bond acceptors (Lipinski definition) is 6. The van der Waals surface area contributed by atoms with Gasteiger partial charge >= 0.3 is 0 Å². The Kier molecular flexibility index (Phi) is 7.77. The first kappa shape index (κ1) is 25.0. The minimum atomic E-state index is -0.995. The maximum absolute atomic E-state index is 11.7. The van der Waals surface area contributed by atoms with Crippen molar-refractivity contribution in [3.63, 3.8) is 0 Å². The molecule has 194 valence electrons. The fraction of sp³-hybridized carbons (Fsp3) is 0.586. The molecule has 4 atom stereocenters. The molecule has 1 N–H and O–H groups in total. The van der Waals surface area contributed by atoms with Gasteiger partial charge in [0.15, 0.2) is 0 Å². The smallest absolute Gasteiger partial charge is 0.129 e. The Hall–Kier alpha value is -2.64. The van der Waals surface area contributed by atoms with Crippen molar-refractivity contribution < 1.29 is 23.9 Å². The molecule has 0 bridgehead atoms. The second-order valence-electron chi connectivity index (χ2n) is 11.2. The number of rotatable bonds is 10. The number of likely N-dealkylation sites (tertiary alicyclic amines) is 1. The van der Waals surface area contributed by atoms with Crippen LogP contribution in [0.4, 0.5) is 5.82 Å². The SMILES string of the molecule is C[N+]1(C[C@@H](CC(=O)[O-])c2cccc(O[C@@H]3CCOC3)c2)CC[C@@H](CCc2ccc3c(n2)NCCC3)C1. The van der Waals surface area contributed by atoms with E-state index in [2.05, 4.69) is 24.5 Å². The highest BCUT2D eigenvalue weighted by Crippen LogP contribution is 2.33. The molecule has 7 nitrogen and oxygen atoms in total. The summed E-state index contributed by atoms with van der Waals surface area (Å²) in [5.74, 6) is 1.39. The Bertz CT molecular complexity index is 1050. The minimum absolute atomic E-state index is 0.0283. The van der Waals surface area contributed by atoms with E-state index in [9.17, 15) is 9.90 Å². The van der Waals surface area contributed by atoms with Crippen LogP contribution < -0.4 is 15.2 Å². The molecule has 4 heterocycles. The van der Waals surface area contributed by atoms with Gasteiger partial charge in [0, 0.05) is 42.9 Å². The highest BCUT2D eigenvalue weighted by Gasteiger charge is 2.36. The summed E-state index contributed by atoms with van der Waals surface area (Å²) in [4.78, 5) is 16.5. The molecule has 2 fully saturated rings. The zero-order valence-electron chi connectivity index (χ0n) is 21.4. The summed E-state index contributed by atoms with van der Waals surface area (Å²) in [7, 11) is 2.28. The third-order valence-corrected chi connectivity index (χ3v) is 8.13. The van der Waals surface area contributed by atoms with E-state index < -0.39 is 5.97 Å². The van der Waals surface area contributed by atoms with E-state index in [4.69, 9.17) is 14.5 Å². The van der Waals surface area contributed by atoms with Crippen LogP contribution in [-0.2, 0) is 22.4 Å². The number of likely N-dealkylation sites (N-methyl/N-ethyl adjacent to an activating group) is 1. The molecule has 0 spiro atoms. The zero-order valence-corrected chi connectivity index (χ0v) is 21.4. The molecular formula is C29H39N3O4. The molecule has 36 heavy (non-hydrogen) atoms. The number of carboxylic acids is 1. The van der Waals surface area contributed by atoms with E-state index >= 15 is 0 Å².